The van der Waals surface area contributed by atoms with Gasteiger partial charge in [-0.1, -0.05) is 31.2 Å². The van der Waals surface area contributed by atoms with Crippen LogP contribution in [0.2, 0.25) is 0 Å². The van der Waals surface area contributed by atoms with E-state index in [0.717, 1.165) is 12.5 Å². The van der Waals surface area contributed by atoms with Gasteiger partial charge >= 0.3 is 0 Å². The zero-order chi connectivity index (χ0) is 9.10. The van der Waals surface area contributed by atoms with Crippen LogP contribution in [0.1, 0.15) is 26.2 Å². The molecule has 0 amide bonds. The molecular formula is C12H17N. The lowest BCUT2D eigenvalue weighted by Crippen LogP contribution is -2.26. The Labute approximate surface area is 80.2 Å². The summed E-state index contributed by atoms with van der Waals surface area (Å²) in [4.78, 5) is 0. The van der Waals surface area contributed by atoms with Crippen LogP contribution in [0.25, 0.3) is 0 Å². The number of allylic oxidation sites excluding steroid dienone is 5. The molecule has 1 heteroatoms. The van der Waals surface area contributed by atoms with E-state index in [2.05, 4.69) is 36.5 Å². The highest BCUT2D eigenvalue weighted by molar-refractivity contribution is 5.35. The number of rotatable bonds is 1. The van der Waals surface area contributed by atoms with Crippen LogP contribution in [0.5, 0.6) is 0 Å². The molecule has 1 N–H and O–H groups in total. The fraction of sp³-hybridized carbons (Fsp3) is 0.500. The molecule has 0 fully saturated rings. The third-order valence-corrected chi connectivity index (χ3v) is 2.73. The molecule has 2 rings (SSSR count). The van der Waals surface area contributed by atoms with Gasteiger partial charge < -0.3 is 5.32 Å². The Balaban J connectivity index is 2.08. The van der Waals surface area contributed by atoms with Crippen LogP contribution >= 0.6 is 0 Å². The average Bonchev–Trinajstić information content (AvgIpc) is 2.20. The van der Waals surface area contributed by atoms with E-state index in [1.165, 1.54) is 30.5 Å². The largest absolute Gasteiger partial charge is 0.385 e. The van der Waals surface area contributed by atoms with Crippen LogP contribution in [0, 0.1) is 5.92 Å². The summed E-state index contributed by atoms with van der Waals surface area (Å²) in [6.07, 6.45) is 12.6. The van der Waals surface area contributed by atoms with E-state index in [1.807, 2.05) is 0 Å². The maximum atomic E-state index is 3.50. The molecule has 0 aromatic heterocycles. The second-order valence-corrected chi connectivity index (χ2v) is 4.00. The van der Waals surface area contributed by atoms with Gasteiger partial charge in [0, 0.05) is 12.2 Å². The van der Waals surface area contributed by atoms with Gasteiger partial charge in [0.1, 0.15) is 0 Å². The first-order valence-corrected chi connectivity index (χ1v) is 5.16. The summed E-state index contributed by atoms with van der Waals surface area (Å²) in [6, 6.07) is 0. The molecular weight excluding hydrogens is 158 g/mol. The van der Waals surface area contributed by atoms with Crippen molar-refractivity contribution in [2.75, 3.05) is 6.54 Å². The fourth-order valence-electron chi connectivity index (χ4n) is 1.83. The standard InChI is InChI=1S/C12H17N/c1-10-7-8-12(13-9-10)11-5-3-2-4-6-11/h2-3,5,8,10,13H,4,6-7,9H2,1H3/t10-/m0/s1. The van der Waals surface area contributed by atoms with Gasteiger partial charge in [-0.2, -0.15) is 0 Å². The van der Waals surface area contributed by atoms with E-state index in [9.17, 15) is 0 Å². The predicted molar refractivity (Wildman–Crippen MR) is 56.3 cm³/mol. The van der Waals surface area contributed by atoms with E-state index in [1.54, 1.807) is 0 Å². The summed E-state index contributed by atoms with van der Waals surface area (Å²) in [7, 11) is 0. The van der Waals surface area contributed by atoms with Gasteiger partial charge in [-0.25, -0.2) is 0 Å². The van der Waals surface area contributed by atoms with Crippen molar-refractivity contribution in [3.63, 3.8) is 0 Å². The normalized spacial score (nSPS) is 27.6. The summed E-state index contributed by atoms with van der Waals surface area (Å²) >= 11 is 0. The molecule has 1 aliphatic carbocycles. The van der Waals surface area contributed by atoms with Gasteiger partial charge in [-0.15, -0.1) is 0 Å². The molecule has 0 aromatic carbocycles. The Morgan fingerprint density at radius 1 is 1.46 bits per heavy atom. The minimum absolute atomic E-state index is 0.795. The van der Waals surface area contributed by atoms with Crippen LogP contribution in [0.15, 0.2) is 35.6 Å². The molecule has 70 valence electrons. The summed E-state index contributed by atoms with van der Waals surface area (Å²) in [5, 5.41) is 3.50. The van der Waals surface area contributed by atoms with Crippen LogP contribution in [0.3, 0.4) is 0 Å². The number of hydrogen-bond acceptors (Lipinski definition) is 1. The van der Waals surface area contributed by atoms with Crippen molar-refractivity contribution < 1.29 is 0 Å². The molecule has 0 saturated heterocycles. The fourth-order valence-corrected chi connectivity index (χ4v) is 1.83. The van der Waals surface area contributed by atoms with Gasteiger partial charge in [0.05, 0.1) is 0 Å². The molecule has 0 saturated carbocycles. The van der Waals surface area contributed by atoms with E-state index in [0.29, 0.717) is 0 Å². The topological polar surface area (TPSA) is 12.0 Å². The minimum Gasteiger partial charge on any atom is -0.385 e. The summed E-state index contributed by atoms with van der Waals surface area (Å²) in [6.45, 7) is 3.42. The maximum absolute atomic E-state index is 3.50. The first-order valence-electron chi connectivity index (χ1n) is 5.16. The van der Waals surface area contributed by atoms with Crippen molar-refractivity contribution in [2.45, 2.75) is 26.2 Å². The van der Waals surface area contributed by atoms with Crippen molar-refractivity contribution in [3.8, 4) is 0 Å². The lowest BCUT2D eigenvalue weighted by atomic mass is 9.96. The van der Waals surface area contributed by atoms with Crippen molar-refractivity contribution in [1.29, 1.82) is 0 Å². The lowest BCUT2D eigenvalue weighted by molar-refractivity contribution is 0.524. The van der Waals surface area contributed by atoms with Crippen LogP contribution in [-0.2, 0) is 0 Å². The quantitative estimate of drug-likeness (QED) is 0.646. The van der Waals surface area contributed by atoms with E-state index in [-0.39, 0.29) is 0 Å². The van der Waals surface area contributed by atoms with Gasteiger partial charge in [0.25, 0.3) is 0 Å². The zero-order valence-electron chi connectivity index (χ0n) is 8.22. The zero-order valence-corrected chi connectivity index (χ0v) is 8.22. The Hall–Kier alpha value is -0.980. The molecule has 1 heterocycles. The third kappa shape index (κ3) is 2.03. The number of nitrogens with one attached hydrogen (secondary N) is 1. The Bertz CT molecular complexity index is 271. The van der Waals surface area contributed by atoms with Gasteiger partial charge in [-0.05, 0) is 30.8 Å². The summed E-state index contributed by atoms with van der Waals surface area (Å²) in [5.41, 5.74) is 2.86. The first kappa shape index (κ1) is 8.61. The van der Waals surface area contributed by atoms with Crippen LogP contribution in [-0.4, -0.2) is 6.54 Å². The highest BCUT2D eigenvalue weighted by Gasteiger charge is 2.12. The molecule has 0 aromatic rings. The molecule has 2 aliphatic rings. The Kier molecular flexibility index (Phi) is 2.53. The molecule has 1 atom stereocenters. The Morgan fingerprint density at radius 2 is 2.38 bits per heavy atom. The third-order valence-electron chi connectivity index (χ3n) is 2.73. The summed E-state index contributed by atoms with van der Waals surface area (Å²) in [5.74, 6) is 0.795. The molecule has 1 nitrogen and oxygen atoms in total. The van der Waals surface area contributed by atoms with Crippen LogP contribution < -0.4 is 5.32 Å². The molecule has 0 unspecified atom stereocenters. The monoisotopic (exact) mass is 175 g/mol. The van der Waals surface area contributed by atoms with Crippen LogP contribution in [0.4, 0.5) is 0 Å². The van der Waals surface area contributed by atoms with Gasteiger partial charge in [0.2, 0.25) is 0 Å². The molecule has 0 bridgehead atoms. The van der Waals surface area contributed by atoms with Crippen molar-refractivity contribution in [3.05, 3.63) is 35.6 Å². The van der Waals surface area contributed by atoms with E-state index in [4.69, 9.17) is 0 Å². The first-order chi connectivity index (χ1) is 6.36. The molecule has 1 aliphatic heterocycles. The number of hydrogen-bond donors (Lipinski definition) is 1. The smallest absolute Gasteiger partial charge is 0.0332 e. The minimum atomic E-state index is 0.795. The maximum Gasteiger partial charge on any atom is 0.0332 e. The van der Waals surface area contributed by atoms with Gasteiger partial charge in [-0.3, -0.25) is 0 Å². The molecule has 13 heavy (non-hydrogen) atoms. The van der Waals surface area contributed by atoms with Crippen molar-refractivity contribution in [1.82, 2.24) is 5.32 Å². The highest BCUT2D eigenvalue weighted by atomic mass is 14.9. The predicted octanol–water partition coefficient (Wildman–Crippen LogP) is 2.78. The van der Waals surface area contributed by atoms with Gasteiger partial charge in [0.15, 0.2) is 0 Å². The average molecular weight is 175 g/mol. The molecule has 0 spiro atoms. The molecule has 0 radical (unpaired) electrons. The van der Waals surface area contributed by atoms with Crippen molar-refractivity contribution >= 4 is 0 Å². The second-order valence-electron chi connectivity index (χ2n) is 4.00. The van der Waals surface area contributed by atoms with Crippen molar-refractivity contribution in [2.24, 2.45) is 5.92 Å². The highest BCUT2D eigenvalue weighted by Crippen LogP contribution is 2.22. The van der Waals surface area contributed by atoms with E-state index < -0.39 is 0 Å². The Morgan fingerprint density at radius 3 is 3.00 bits per heavy atom. The summed E-state index contributed by atoms with van der Waals surface area (Å²) < 4.78 is 0. The van der Waals surface area contributed by atoms with E-state index >= 15 is 0 Å². The second kappa shape index (κ2) is 3.82. The SMILES string of the molecule is C[C@H]1CC=C(C2=CC=CCC2)NC1. The lowest BCUT2D eigenvalue weighted by Gasteiger charge is -2.23.